The number of hydrogen-bond acceptors (Lipinski definition) is 3. The van der Waals surface area contributed by atoms with Crippen LogP contribution in [0.2, 0.25) is 10.0 Å². The van der Waals surface area contributed by atoms with Gasteiger partial charge in [-0.1, -0.05) is 23.2 Å². The van der Waals surface area contributed by atoms with Crippen molar-refractivity contribution < 1.29 is 14.0 Å². The SMILES string of the molecule is CC(=O)Nc1cc(NC(=O)c2ccc(-c3cc(Cl)cc(Cl)c3)s2)ccc1F. The minimum Gasteiger partial charge on any atom is -0.324 e. The molecule has 0 aliphatic carbocycles. The Bertz CT molecular complexity index is 1020. The molecule has 1 heterocycles. The third-order valence-electron chi connectivity index (χ3n) is 3.51. The number of hydrogen-bond donors (Lipinski definition) is 2. The summed E-state index contributed by atoms with van der Waals surface area (Å²) in [4.78, 5) is 24.9. The van der Waals surface area contributed by atoms with Gasteiger partial charge < -0.3 is 10.6 Å². The fraction of sp³-hybridized carbons (Fsp3) is 0.0526. The number of rotatable bonds is 4. The van der Waals surface area contributed by atoms with Gasteiger partial charge in [0.15, 0.2) is 0 Å². The lowest BCUT2D eigenvalue weighted by Gasteiger charge is -2.08. The summed E-state index contributed by atoms with van der Waals surface area (Å²) in [7, 11) is 0. The maximum absolute atomic E-state index is 13.7. The second-order valence-corrected chi connectivity index (χ2v) is 7.61. The molecule has 0 bridgehead atoms. The summed E-state index contributed by atoms with van der Waals surface area (Å²) < 4.78 is 13.7. The molecule has 0 spiro atoms. The molecule has 0 radical (unpaired) electrons. The number of halogens is 3. The first-order chi connectivity index (χ1) is 12.8. The maximum atomic E-state index is 13.7. The van der Waals surface area contributed by atoms with Crippen molar-refractivity contribution in [1.29, 1.82) is 0 Å². The highest BCUT2D eigenvalue weighted by Crippen LogP contribution is 2.32. The summed E-state index contributed by atoms with van der Waals surface area (Å²) in [6.45, 7) is 1.28. The highest BCUT2D eigenvalue weighted by molar-refractivity contribution is 7.17. The standard InChI is InChI=1S/C19H13Cl2FN2O2S/c1-10(25)23-16-9-14(2-3-15(16)22)24-19(26)18-5-4-17(27-18)11-6-12(20)8-13(21)7-11/h2-9H,1H3,(H,23,25)(H,24,26). The fourth-order valence-corrected chi connectivity index (χ4v) is 3.81. The lowest BCUT2D eigenvalue weighted by atomic mass is 10.2. The van der Waals surface area contributed by atoms with Crippen molar-refractivity contribution in [3.63, 3.8) is 0 Å². The number of nitrogens with one attached hydrogen (secondary N) is 2. The lowest BCUT2D eigenvalue weighted by Crippen LogP contribution is -2.12. The first-order valence-corrected chi connectivity index (χ1v) is 9.34. The van der Waals surface area contributed by atoms with Gasteiger partial charge in [0.25, 0.3) is 5.91 Å². The van der Waals surface area contributed by atoms with Crippen LogP contribution in [0.3, 0.4) is 0 Å². The van der Waals surface area contributed by atoms with Gasteiger partial charge in [0.05, 0.1) is 10.6 Å². The second kappa shape index (κ2) is 8.08. The van der Waals surface area contributed by atoms with Gasteiger partial charge in [0.1, 0.15) is 5.82 Å². The van der Waals surface area contributed by atoms with Crippen LogP contribution in [0.5, 0.6) is 0 Å². The van der Waals surface area contributed by atoms with Crippen molar-refractivity contribution in [1.82, 2.24) is 0 Å². The molecule has 0 unspecified atom stereocenters. The topological polar surface area (TPSA) is 58.2 Å². The van der Waals surface area contributed by atoms with E-state index in [4.69, 9.17) is 23.2 Å². The van der Waals surface area contributed by atoms with Gasteiger partial charge in [0, 0.05) is 27.5 Å². The molecule has 27 heavy (non-hydrogen) atoms. The fourth-order valence-electron chi connectivity index (χ4n) is 2.39. The van der Waals surface area contributed by atoms with Crippen molar-refractivity contribution in [3.05, 3.63) is 69.3 Å². The van der Waals surface area contributed by atoms with E-state index in [1.54, 1.807) is 30.3 Å². The van der Waals surface area contributed by atoms with E-state index in [9.17, 15) is 14.0 Å². The molecule has 2 N–H and O–H groups in total. The van der Waals surface area contributed by atoms with Crippen molar-refractivity contribution in [2.45, 2.75) is 6.92 Å². The molecule has 0 atom stereocenters. The third-order valence-corrected chi connectivity index (χ3v) is 5.08. The molecule has 0 aliphatic rings. The molecule has 1 aromatic heterocycles. The van der Waals surface area contributed by atoms with Crippen LogP contribution in [0.25, 0.3) is 10.4 Å². The largest absolute Gasteiger partial charge is 0.324 e. The van der Waals surface area contributed by atoms with E-state index in [0.717, 1.165) is 10.4 Å². The van der Waals surface area contributed by atoms with E-state index in [1.165, 1.54) is 36.5 Å². The van der Waals surface area contributed by atoms with Gasteiger partial charge in [-0.25, -0.2) is 4.39 Å². The zero-order valence-electron chi connectivity index (χ0n) is 14.0. The summed E-state index contributed by atoms with van der Waals surface area (Å²) in [6, 6.07) is 12.6. The number of carbonyl (C=O) groups is 2. The smallest absolute Gasteiger partial charge is 0.265 e. The van der Waals surface area contributed by atoms with Crippen molar-refractivity contribution in [2.24, 2.45) is 0 Å². The molecule has 0 saturated heterocycles. The first kappa shape index (κ1) is 19.4. The Morgan fingerprint density at radius 1 is 0.963 bits per heavy atom. The summed E-state index contributed by atoms with van der Waals surface area (Å²) in [5.74, 6) is -1.33. The van der Waals surface area contributed by atoms with Crippen LogP contribution < -0.4 is 10.6 Å². The second-order valence-electron chi connectivity index (χ2n) is 5.65. The van der Waals surface area contributed by atoms with E-state index in [-0.39, 0.29) is 11.6 Å². The van der Waals surface area contributed by atoms with Crippen molar-refractivity contribution in [2.75, 3.05) is 10.6 Å². The normalized spacial score (nSPS) is 10.5. The van der Waals surface area contributed by atoms with E-state index >= 15 is 0 Å². The Morgan fingerprint density at radius 2 is 1.67 bits per heavy atom. The molecule has 0 saturated carbocycles. The van der Waals surface area contributed by atoms with Crippen molar-refractivity contribution in [3.8, 4) is 10.4 Å². The van der Waals surface area contributed by atoms with Crippen LogP contribution >= 0.6 is 34.5 Å². The van der Waals surface area contributed by atoms with Crippen LogP contribution in [0, 0.1) is 5.82 Å². The minimum absolute atomic E-state index is 0.000683. The Hall–Kier alpha value is -2.41. The predicted molar refractivity (Wildman–Crippen MR) is 108 cm³/mol. The molecule has 8 heteroatoms. The quantitative estimate of drug-likeness (QED) is 0.535. The number of amides is 2. The minimum atomic E-state index is -0.584. The van der Waals surface area contributed by atoms with Crippen LogP contribution in [0.15, 0.2) is 48.5 Å². The molecule has 138 valence electrons. The Morgan fingerprint density at radius 3 is 2.33 bits per heavy atom. The van der Waals surface area contributed by atoms with Gasteiger partial charge >= 0.3 is 0 Å². The summed E-state index contributed by atoms with van der Waals surface area (Å²) >= 11 is 13.3. The van der Waals surface area contributed by atoms with E-state index in [2.05, 4.69) is 10.6 Å². The van der Waals surface area contributed by atoms with E-state index in [1.807, 2.05) is 0 Å². The number of anilines is 2. The molecule has 3 aromatic rings. The summed E-state index contributed by atoms with van der Waals surface area (Å²) in [5.41, 5.74) is 1.18. The third kappa shape index (κ3) is 4.86. The molecule has 4 nitrogen and oxygen atoms in total. The lowest BCUT2D eigenvalue weighted by molar-refractivity contribution is -0.114. The highest BCUT2D eigenvalue weighted by atomic mass is 35.5. The number of carbonyl (C=O) groups excluding carboxylic acids is 2. The summed E-state index contributed by atoms with van der Waals surface area (Å²) in [5, 5.41) is 6.08. The average molecular weight is 423 g/mol. The molecule has 3 rings (SSSR count). The predicted octanol–water partition coefficient (Wildman–Crippen LogP) is 6.07. The van der Waals surface area contributed by atoms with Crippen LogP contribution in [-0.2, 0) is 4.79 Å². The van der Waals surface area contributed by atoms with Gasteiger partial charge in [-0.2, -0.15) is 0 Å². The van der Waals surface area contributed by atoms with Gasteiger partial charge in [0.2, 0.25) is 5.91 Å². The number of thiophene rings is 1. The Labute approximate surface area is 168 Å². The molecular formula is C19H13Cl2FN2O2S. The molecule has 2 aromatic carbocycles. The monoisotopic (exact) mass is 422 g/mol. The van der Waals surface area contributed by atoms with Gasteiger partial charge in [-0.05, 0) is 54.1 Å². The molecule has 0 fully saturated rings. The van der Waals surface area contributed by atoms with Gasteiger partial charge in [-0.15, -0.1) is 11.3 Å². The van der Waals surface area contributed by atoms with E-state index < -0.39 is 11.7 Å². The summed E-state index contributed by atoms with van der Waals surface area (Å²) in [6.07, 6.45) is 0. The van der Waals surface area contributed by atoms with Crippen molar-refractivity contribution >= 4 is 57.7 Å². The Kier molecular flexibility index (Phi) is 5.79. The zero-order chi connectivity index (χ0) is 19.6. The maximum Gasteiger partial charge on any atom is 0.265 e. The average Bonchev–Trinajstić information content (AvgIpc) is 3.07. The zero-order valence-corrected chi connectivity index (χ0v) is 16.3. The highest BCUT2D eigenvalue weighted by Gasteiger charge is 2.13. The number of benzene rings is 2. The Balaban J connectivity index is 1.79. The van der Waals surface area contributed by atoms with Crippen LogP contribution in [0.4, 0.5) is 15.8 Å². The molecule has 2 amide bonds. The van der Waals surface area contributed by atoms with Gasteiger partial charge in [-0.3, -0.25) is 9.59 Å². The van der Waals surface area contributed by atoms with Crippen LogP contribution in [-0.4, -0.2) is 11.8 Å². The van der Waals surface area contributed by atoms with Crippen LogP contribution in [0.1, 0.15) is 16.6 Å². The van der Waals surface area contributed by atoms with E-state index in [0.29, 0.717) is 20.6 Å². The molecule has 0 aliphatic heterocycles. The molecular weight excluding hydrogens is 410 g/mol. The first-order valence-electron chi connectivity index (χ1n) is 7.76.